The third kappa shape index (κ3) is 2.22. The second-order valence-corrected chi connectivity index (χ2v) is 6.26. The van der Waals surface area contributed by atoms with Gasteiger partial charge in [0.25, 0.3) is 0 Å². The molecular formula is C13H14OSe. The van der Waals surface area contributed by atoms with Crippen molar-refractivity contribution >= 4 is 20.7 Å². The summed E-state index contributed by atoms with van der Waals surface area (Å²) >= 11 is 0.395. The molecule has 0 bridgehead atoms. The van der Waals surface area contributed by atoms with Crippen LogP contribution in [0.5, 0.6) is 0 Å². The van der Waals surface area contributed by atoms with Crippen molar-refractivity contribution in [1.29, 1.82) is 0 Å². The van der Waals surface area contributed by atoms with Gasteiger partial charge in [0.05, 0.1) is 0 Å². The van der Waals surface area contributed by atoms with E-state index in [9.17, 15) is 4.79 Å². The maximum atomic E-state index is 12.1. The summed E-state index contributed by atoms with van der Waals surface area (Å²) in [6, 6.07) is 8.01. The van der Waals surface area contributed by atoms with Gasteiger partial charge < -0.3 is 0 Å². The molecule has 0 saturated heterocycles. The number of aryl methyl sites for hydroxylation is 1. The van der Waals surface area contributed by atoms with E-state index < -0.39 is 0 Å². The predicted molar refractivity (Wildman–Crippen MR) is 63.6 cm³/mol. The fourth-order valence-corrected chi connectivity index (χ4v) is 3.87. The van der Waals surface area contributed by atoms with Crippen LogP contribution in [0.3, 0.4) is 0 Å². The van der Waals surface area contributed by atoms with Crippen LogP contribution >= 0.6 is 0 Å². The Morgan fingerprint density at radius 2 is 2.27 bits per heavy atom. The van der Waals surface area contributed by atoms with E-state index in [-0.39, 0.29) is 4.82 Å². The van der Waals surface area contributed by atoms with E-state index in [1.54, 1.807) is 0 Å². The molecule has 1 unspecified atom stereocenters. The Bertz CT molecular complexity index is 384. The van der Waals surface area contributed by atoms with Crippen molar-refractivity contribution in [3.8, 4) is 0 Å². The van der Waals surface area contributed by atoms with E-state index in [4.69, 9.17) is 0 Å². The fraction of sp³-hybridized carbons (Fsp3) is 0.308. The third-order valence-electron chi connectivity index (χ3n) is 2.67. The predicted octanol–water partition coefficient (Wildman–Crippen LogP) is 2.91. The van der Waals surface area contributed by atoms with Crippen LogP contribution in [0, 0.1) is 0 Å². The molecule has 0 amide bonds. The van der Waals surface area contributed by atoms with Gasteiger partial charge >= 0.3 is 96.6 Å². The summed E-state index contributed by atoms with van der Waals surface area (Å²) in [5.74, 6) is 0.360. The van der Waals surface area contributed by atoms with Crippen molar-refractivity contribution in [3.05, 3.63) is 48.0 Å². The average molecular weight is 265 g/mol. The van der Waals surface area contributed by atoms with Gasteiger partial charge in [-0.15, -0.1) is 0 Å². The molecule has 2 heteroatoms. The van der Waals surface area contributed by atoms with Crippen LogP contribution in [0.2, 0.25) is 10.1 Å². The van der Waals surface area contributed by atoms with Crippen molar-refractivity contribution in [3.63, 3.8) is 0 Å². The molecule has 1 aliphatic carbocycles. The van der Waals surface area contributed by atoms with Crippen molar-refractivity contribution in [2.24, 2.45) is 0 Å². The van der Waals surface area contributed by atoms with Gasteiger partial charge in [0, 0.05) is 0 Å². The first kappa shape index (κ1) is 10.7. The van der Waals surface area contributed by atoms with Gasteiger partial charge in [-0.2, -0.15) is 0 Å². The molecule has 1 aromatic carbocycles. The van der Waals surface area contributed by atoms with Crippen molar-refractivity contribution in [1.82, 2.24) is 0 Å². The van der Waals surface area contributed by atoms with Crippen LogP contribution in [-0.4, -0.2) is 20.7 Å². The number of hydrogen-bond acceptors (Lipinski definition) is 1. The van der Waals surface area contributed by atoms with Crippen molar-refractivity contribution in [2.75, 3.05) is 0 Å². The van der Waals surface area contributed by atoms with Gasteiger partial charge in [-0.1, -0.05) is 0 Å². The van der Waals surface area contributed by atoms with Gasteiger partial charge in [0.1, 0.15) is 0 Å². The van der Waals surface area contributed by atoms with Crippen molar-refractivity contribution < 1.29 is 4.79 Å². The molecule has 0 fully saturated rings. The standard InChI is InChI=1S/C13H14OSe/c1-2-9-15-12-8-7-10-5-3-4-6-11(10)13(12)14/h2-6,12H,1,7-9H2. The number of rotatable bonds is 3. The molecule has 0 spiro atoms. The third-order valence-corrected chi connectivity index (χ3v) is 5.35. The molecule has 1 aliphatic rings. The minimum atomic E-state index is 0.283. The summed E-state index contributed by atoms with van der Waals surface area (Å²) < 4.78 is 0. The first-order valence-electron chi connectivity index (χ1n) is 5.17. The normalized spacial score (nSPS) is 19.7. The molecule has 0 radical (unpaired) electrons. The van der Waals surface area contributed by atoms with E-state index >= 15 is 0 Å². The Morgan fingerprint density at radius 3 is 3.07 bits per heavy atom. The van der Waals surface area contributed by atoms with E-state index in [0.717, 1.165) is 23.7 Å². The van der Waals surface area contributed by atoms with Crippen molar-refractivity contribution in [2.45, 2.75) is 23.0 Å². The second kappa shape index (κ2) is 4.78. The zero-order valence-electron chi connectivity index (χ0n) is 8.61. The molecule has 0 aromatic heterocycles. The van der Waals surface area contributed by atoms with Crippen LogP contribution in [0.1, 0.15) is 22.3 Å². The number of hydrogen-bond donors (Lipinski definition) is 0. The summed E-state index contributed by atoms with van der Waals surface area (Å²) in [4.78, 5) is 12.4. The van der Waals surface area contributed by atoms with Gasteiger partial charge in [0.15, 0.2) is 0 Å². The molecule has 15 heavy (non-hydrogen) atoms. The van der Waals surface area contributed by atoms with Crippen LogP contribution in [-0.2, 0) is 6.42 Å². The number of benzene rings is 1. The average Bonchev–Trinajstić information content (AvgIpc) is 2.29. The molecule has 2 rings (SSSR count). The summed E-state index contributed by atoms with van der Waals surface area (Å²) in [6.07, 6.45) is 4.02. The van der Waals surface area contributed by atoms with Crippen LogP contribution in [0.15, 0.2) is 36.9 Å². The number of fused-ring (bicyclic) bond motifs is 1. The Hall–Kier alpha value is -0.851. The van der Waals surface area contributed by atoms with Crippen LogP contribution < -0.4 is 0 Å². The van der Waals surface area contributed by atoms with Gasteiger partial charge in [-0.25, -0.2) is 0 Å². The quantitative estimate of drug-likeness (QED) is 0.606. The SMILES string of the molecule is C=CC[Se]C1CCc2ccccc2C1=O. The number of carbonyl (C=O) groups is 1. The molecule has 0 aliphatic heterocycles. The second-order valence-electron chi connectivity index (χ2n) is 3.67. The van der Waals surface area contributed by atoms with Gasteiger partial charge in [-0.05, 0) is 0 Å². The summed E-state index contributed by atoms with van der Waals surface area (Å²) in [5, 5.41) is 1.01. The van der Waals surface area contributed by atoms with E-state index in [1.807, 2.05) is 24.3 Å². The minimum absolute atomic E-state index is 0.283. The first-order valence-corrected chi connectivity index (χ1v) is 7.37. The Kier molecular flexibility index (Phi) is 3.40. The summed E-state index contributed by atoms with van der Waals surface area (Å²) in [5.41, 5.74) is 2.19. The number of allylic oxidation sites excluding steroid dienone is 1. The Labute approximate surface area is 96.7 Å². The van der Waals surface area contributed by atoms with Gasteiger partial charge in [-0.3, -0.25) is 0 Å². The monoisotopic (exact) mass is 266 g/mol. The van der Waals surface area contributed by atoms with E-state index in [2.05, 4.69) is 12.6 Å². The van der Waals surface area contributed by atoms with Crippen LogP contribution in [0.25, 0.3) is 0 Å². The fourth-order valence-electron chi connectivity index (χ4n) is 1.91. The molecule has 1 nitrogen and oxygen atoms in total. The molecule has 1 aromatic rings. The zero-order chi connectivity index (χ0) is 10.7. The summed E-state index contributed by atoms with van der Waals surface area (Å²) in [6.45, 7) is 3.72. The molecule has 78 valence electrons. The molecule has 0 heterocycles. The Balaban J connectivity index is 2.18. The molecule has 0 saturated carbocycles. The molecule has 1 atom stereocenters. The van der Waals surface area contributed by atoms with E-state index in [1.165, 1.54) is 5.56 Å². The summed E-state index contributed by atoms with van der Waals surface area (Å²) in [7, 11) is 0. The van der Waals surface area contributed by atoms with E-state index in [0.29, 0.717) is 20.7 Å². The first-order chi connectivity index (χ1) is 7.33. The maximum absolute atomic E-state index is 12.1. The number of Topliss-reactive ketones (excluding diaryl/α,β-unsaturated/α-hetero) is 1. The molecule has 0 N–H and O–H groups in total. The van der Waals surface area contributed by atoms with Gasteiger partial charge in [0.2, 0.25) is 0 Å². The zero-order valence-corrected chi connectivity index (χ0v) is 10.3. The molecular weight excluding hydrogens is 251 g/mol. The van der Waals surface area contributed by atoms with Crippen LogP contribution in [0.4, 0.5) is 0 Å². The Morgan fingerprint density at radius 1 is 1.47 bits per heavy atom. The topological polar surface area (TPSA) is 17.1 Å². The number of carbonyl (C=O) groups excluding carboxylic acids is 1. The number of ketones is 1.